The predicted octanol–water partition coefficient (Wildman–Crippen LogP) is 1.98. The van der Waals surface area contributed by atoms with Gasteiger partial charge in [0.15, 0.2) is 0 Å². The Morgan fingerprint density at radius 3 is 3.07 bits per heavy atom. The van der Waals surface area contributed by atoms with Crippen LogP contribution in [-0.4, -0.2) is 23.7 Å². The van der Waals surface area contributed by atoms with Gasteiger partial charge < -0.3 is 10.1 Å². The molecule has 2 rings (SSSR count). The number of hydrogen-bond donors (Lipinski definition) is 1. The Morgan fingerprint density at radius 2 is 2.43 bits per heavy atom. The van der Waals surface area contributed by atoms with Gasteiger partial charge in [-0.1, -0.05) is 0 Å². The topological polar surface area (TPSA) is 34.2 Å². The summed E-state index contributed by atoms with van der Waals surface area (Å²) < 4.78 is 5.37. The molecule has 0 amide bonds. The minimum absolute atomic E-state index is 0.0563. The first kappa shape index (κ1) is 9.46. The Balaban J connectivity index is 2.10. The van der Waals surface area contributed by atoms with Crippen molar-refractivity contribution in [1.82, 2.24) is 4.98 Å². The van der Waals surface area contributed by atoms with Crippen LogP contribution >= 0.6 is 0 Å². The van der Waals surface area contributed by atoms with Crippen LogP contribution in [0.4, 0.5) is 5.82 Å². The Labute approximate surface area is 84.5 Å². The molecule has 1 N–H and O–H groups in total. The molecule has 1 aromatic rings. The predicted molar refractivity (Wildman–Crippen MR) is 56.4 cm³/mol. The van der Waals surface area contributed by atoms with Crippen molar-refractivity contribution < 1.29 is 4.74 Å². The smallest absolute Gasteiger partial charge is 0.126 e. The third kappa shape index (κ3) is 2.04. The van der Waals surface area contributed by atoms with Gasteiger partial charge in [0.05, 0.1) is 12.1 Å². The highest BCUT2D eigenvalue weighted by Crippen LogP contribution is 2.22. The maximum Gasteiger partial charge on any atom is 0.126 e. The van der Waals surface area contributed by atoms with E-state index in [1.165, 1.54) is 5.56 Å². The second-order valence-electron chi connectivity index (χ2n) is 4.21. The average Bonchev–Trinajstić information content (AvgIpc) is 2.51. The van der Waals surface area contributed by atoms with Gasteiger partial charge in [0.1, 0.15) is 5.82 Å². The number of pyridine rings is 1. The van der Waals surface area contributed by atoms with Crippen molar-refractivity contribution in [3.05, 3.63) is 23.9 Å². The molecule has 1 aliphatic rings. The molecule has 3 nitrogen and oxygen atoms in total. The lowest BCUT2D eigenvalue weighted by molar-refractivity contribution is 0.185. The van der Waals surface area contributed by atoms with Crippen molar-refractivity contribution in [3.8, 4) is 0 Å². The quantitative estimate of drug-likeness (QED) is 0.778. The molecule has 0 bridgehead atoms. The first-order valence-electron chi connectivity index (χ1n) is 4.97. The molecule has 0 aromatic carbocycles. The van der Waals surface area contributed by atoms with E-state index in [4.69, 9.17) is 4.74 Å². The van der Waals surface area contributed by atoms with Crippen molar-refractivity contribution in [2.45, 2.75) is 25.8 Å². The molecule has 1 aromatic heterocycles. The third-order valence-electron chi connectivity index (χ3n) is 2.56. The molecule has 1 fully saturated rings. The first-order valence-corrected chi connectivity index (χ1v) is 4.97. The Bertz CT molecular complexity index is 319. The number of aromatic nitrogens is 1. The number of ether oxygens (including phenoxy) is 1. The second-order valence-corrected chi connectivity index (χ2v) is 4.21. The summed E-state index contributed by atoms with van der Waals surface area (Å²) in [6.07, 6.45) is 2.87. The maximum atomic E-state index is 5.37. The molecule has 1 aliphatic heterocycles. The number of anilines is 1. The lowest BCUT2D eigenvalue weighted by atomic mass is 10.0. The molecule has 76 valence electrons. The van der Waals surface area contributed by atoms with Crippen LogP contribution in [0, 0.1) is 6.92 Å². The zero-order valence-corrected chi connectivity index (χ0v) is 8.71. The van der Waals surface area contributed by atoms with Crippen molar-refractivity contribution in [3.63, 3.8) is 0 Å². The van der Waals surface area contributed by atoms with Crippen LogP contribution in [0.3, 0.4) is 0 Å². The molecule has 0 spiro atoms. The zero-order chi connectivity index (χ0) is 10.0. The molecule has 2 heterocycles. The lowest BCUT2D eigenvalue weighted by Crippen LogP contribution is -2.35. The highest BCUT2D eigenvalue weighted by Gasteiger charge is 2.29. The van der Waals surface area contributed by atoms with E-state index in [1.807, 2.05) is 12.3 Å². The minimum atomic E-state index is 0.0563. The zero-order valence-electron chi connectivity index (χ0n) is 8.71. The number of nitrogens with zero attached hydrogens (tertiary/aromatic N) is 1. The van der Waals surface area contributed by atoms with Gasteiger partial charge in [-0.25, -0.2) is 4.98 Å². The standard InChI is InChI=1S/C11H16N2O/c1-9-3-5-12-10(7-9)13-11(2)4-6-14-8-11/h3,5,7H,4,6,8H2,1-2H3,(H,12,13). The summed E-state index contributed by atoms with van der Waals surface area (Å²) in [5.74, 6) is 0.943. The SMILES string of the molecule is Cc1ccnc(NC2(C)CCOC2)c1. The van der Waals surface area contributed by atoms with Gasteiger partial charge >= 0.3 is 0 Å². The van der Waals surface area contributed by atoms with E-state index < -0.39 is 0 Å². The summed E-state index contributed by atoms with van der Waals surface area (Å²) in [5.41, 5.74) is 1.28. The van der Waals surface area contributed by atoms with E-state index in [1.54, 1.807) is 0 Å². The van der Waals surface area contributed by atoms with Crippen molar-refractivity contribution >= 4 is 5.82 Å². The second kappa shape index (κ2) is 3.58. The Hall–Kier alpha value is -1.09. The fourth-order valence-corrected chi connectivity index (χ4v) is 1.68. The summed E-state index contributed by atoms with van der Waals surface area (Å²) in [4.78, 5) is 4.28. The van der Waals surface area contributed by atoms with Crippen LogP contribution in [0.5, 0.6) is 0 Å². The molecule has 1 atom stereocenters. The van der Waals surface area contributed by atoms with Gasteiger partial charge in [-0.3, -0.25) is 0 Å². The van der Waals surface area contributed by atoms with Crippen LogP contribution in [-0.2, 0) is 4.74 Å². The van der Waals surface area contributed by atoms with E-state index in [0.717, 1.165) is 25.5 Å². The van der Waals surface area contributed by atoms with Crippen LogP contribution in [0.15, 0.2) is 18.3 Å². The van der Waals surface area contributed by atoms with Gasteiger partial charge in [0.2, 0.25) is 0 Å². The first-order chi connectivity index (χ1) is 6.68. The average molecular weight is 192 g/mol. The maximum absolute atomic E-state index is 5.37. The molecule has 14 heavy (non-hydrogen) atoms. The molecular weight excluding hydrogens is 176 g/mol. The van der Waals surface area contributed by atoms with Crippen LogP contribution < -0.4 is 5.32 Å². The number of nitrogens with one attached hydrogen (secondary N) is 1. The molecule has 0 aliphatic carbocycles. The van der Waals surface area contributed by atoms with E-state index in [2.05, 4.69) is 30.2 Å². The van der Waals surface area contributed by atoms with Crippen LogP contribution in [0.1, 0.15) is 18.9 Å². The molecule has 0 saturated carbocycles. The third-order valence-corrected chi connectivity index (χ3v) is 2.56. The van der Waals surface area contributed by atoms with Gasteiger partial charge in [-0.15, -0.1) is 0 Å². The largest absolute Gasteiger partial charge is 0.379 e. The highest BCUT2D eigenvalue weighted by atomic mass is 16.5. The Morgan fingerprint density at radius 1 is 1.57 bits per heavy atom. The highest BCUT2D eigenvalue weighted by molar-refractivity contribution is 5.40. The lowest BCUT2D eigenvalue weighted by Gasteiger charge is -2.24. The summed E-state index contributed by atoms with van der Waals surface area (Å²) in [5, 5.41) is 3.42. The van der Waals surface area contributed by atoms with Crippen LogP contribution in [0.2, 0.25) is 0 Å². The van der Waals surface area contributed by atoms with E-state index in [9.17, 15) is 0 Å². The normalized spacial score (nSPS) is 26.4. The van der Waals surface area contributed by atoms with Crippen molar-refractivity contribution in [1.29, 1.82) is 0 Å². The minimum Gasteiger partial charge on any atom is -0.379 e. The number of aryl methyl sites for hydroxylation is 1. The van der Waals surface area contributed by atoms with Gasteiger partial charge in [0, 0.05) is 12.8 Å². The van der Waals surface area contributed by atoms with Crippen molar-refractivity contribution in [2.24, 2.45) is 0 Å². The fraction of sp³-hybridized carbons (Fsp3) is 0.545. The van der Waals surface area contributed by atoms with Crippen molar-refractivity contribution in [2.75, 3.05) is 18.5 Å². The van der Waals surface area contributed by atoms with Gasteiger partial charge in [-0.2, -0.15) is 0 Å². The monoisotopic (exact) mass is 192 g/mol. The van der Waals surface area contributed by atoms with E-state index in [-0.39, 0.29) is 5.54 Å². The summed E-state index contributed by atoms with van der Waals surface area (Å²) >= 11 is 0. The number of rotatable bonds is 2. The summed E-state index contributed by atoms with van der Waals surface area (Å²) in [7, 11) is 0. The summed E-state index contributed by atoms with van der Waals surface area (Å²) in [6.45, 7) is 5.85. The van der Waals surface area contributed by atoms with Crippen LogP contribution in [0.25, 0.3) is 0 Å². The molecular formula is C11H16N2O. The number of hydrogen-bond acceptors (Lipinski definition) is 3. The molecule has 3 heteroatoms. The summed E-state index contributed by atoms with van der Waals surface area (Å²) in [6, 6.07) is 4.06. The van der Waals surface area contributed by atoms with Gasteiger partial charge in [0.25, 0.3) is 0 Å². The van der Waals surface area contributed by atoms with Gasteiger partial charge in [-0.05, 0) is 38.0 Å². The molecule has 1 saturated heterocycles. The molecule has 1 unspecified atom stereocenters. The van der Waals surface area contributed by atoms with E-state index in [0.29, 0.717) is 0 Å². The Kier molecular flexibility index (Phi) is 2.42. The fourth-order valence-electron chi connectivity index (χ4n) is 1.68. The molecule has 0 radical (unpaired) electrons. The van der Waals surface area contributed by atoms with E-state index >= 15 is 0 Å².